The Morgan fingerprint density at radius 2 is 2.38 bits per heavy atom. The summed E-state index contributed by atoms with van der Waals surface area (Å²) in [6.07, 6.45) is 4.59. The van der Waals surface area contributed by atoms with Crippen LogP contribution in [0.5, 0.6) is 0 Å². The second kappa shape index (κ2) is 8.35. The van der Waals surface area contributed by atoms with Crippen molar-refractivity contribution in [3.63, 3.8) is 0 Å². The Bertz CT molecular complexity index is 606. The SMILES string of the molecule is C[C@H](Cc1ccco1)NC(=O)N(Cc1cccs1)C[C@H]1CCCO1. The molecule has 0 bridgehead atoms. The van der Waals surface area contributed by atoms with Crippen molar-refractivity contribution in [2.45, 2.75) is 44.9 Å². The van der Waals surface area contributed by atoms with E-state index in [-0.39, 0.29) is 18.2 Å². The van der Waals surface area contributed by atoms with Crippen molar-refractivity contribution in [1.82, 2.24) is 10.2 Å². The summed E-state index contributed by atoms with van der Waals surface area (Å²) in [6.45, 7) is 4.05. The zero-order valence-corrected chi connectivity index (χ0v) is 14.8. The topological polar surface area (TPSA) is 54.7 Å². The van der Waals surface area contributed by atoms with Gasteiger partial charge >= 0.3 is 6.03 Å². The van der Waals surface area contributed by atoms with Crippen LogP contribution in [-0.2, 0) is 17.7 Å². The highest BCUT2D eigenvalue weighted by molar-refractivity contribution is 7.09. The molecule has 2 aromatic rings. The molecule has 1 aliphatic heterocycles. The predicted molar refractivity (Wildman–Crippen MR) is 94.1 cm³/mol. The fraction of sp³-hybridized carbons (Fsp3) is 0.500. The van der Waals surface area contributed by atoms with Gasteiger partial charge in [0.15, 0.2) is 0 Å². The van der Waals surface area contributed by atoms with Gasteiger partial charge in [-0.15, -0.1) is 11.3 Å². The molecule has 1 fully saturated rings. The van der Waals surface area contributed by atoms with Gasteiger partial charge in [0.1, 0.15) is 5.76 Å². The lowest BCUT2D eigenvalue weighted by molar-refractivity contribution is 0.0792. The molecule has 130 valence electrons. The zero-order chi connectivity index (χ0) is 16.8. The van der Waals surface area contributed by atoms with Gasteiger partial charge in [-0.3, -0.25) is 0 Å². The molecule has 6 heteroatoms. The van der Waals surface area contributed by atoms with Crippen LogP contribution < -0.4 is 5.32 Å². The number of amides is 2. The first-order chi connectivity index (χ1) is 11.7. The molecule has 1 N–H and O–H groups in total. The average molecular weight is 348 g/mol. The molecule has 2 atom stereocenters. The molecule has 3 heterocycles. The summed E-state index contributed by atoms with van der Waals surface area (Å²) in [5.74, 6) is 0.881. The third kappa shape index (κ3) is 4.85. The number of nitrogens with zero attached hydrogens (tertiary/aromatic N) is 1. The Labute approximate surface area is 146 Å². The van der Waals surface area contributed by atoms with Crippen molar-refractivity contribution in [2.24, 2.45) is 0 Å². The van der Waals surface area contributed by atoms with Crippen LogP contribution in [0.3, 0.4) is 0 Å². The van der Waals surface area contributed by atoms with Gasteiger partial charge in [-0.25, -0.2) is 4.79 Å². The Kier molecular flexibility index (Phi) is 5.93. The van der Waals surface area contributed by atoms with E-state index in [9.17, 15) is 4.79 Å². The molecule has 3 rings (SSSR count). The van der Waals surface area contributed by atoms with Crippen LogP contribution in [0.1, 0.15) is 30.4 Å². The van der Waals surface area contributed by atoms with Gasteiger partial charge in [-0.2, -0.15) is 0 Å². The quantitative estimate of drug-likeness (QED) is 0.831. The number of thiophene rings is 1. The first-order valence-corrected chi connectivity index (χ1v) is 9.30. The summed E-state index contributed by atoms with van der Waals surface area (Å²) in [6, 6.07) is 7.84. The number of rotatable bonds is 7. The van der Waals surface area contributed by atoms with Gasteiger partial charge in [-0.1, -0.05) is 6.07 Å². The summed E-state index contributed by atoms with van der Waals surface area (Å²) in [7, 11) is 0. The van der Waals surface area contributed by atoms with Gasteiger partial charge in [0.05, 0.1) is 18.9 Å². The first kappa shape index (κ1) is 17.0. The van der Waals surface area contributed by atoms with Crippen LogP contribution in [-0.4, -0.2) is 36.2 Å². The van der Waals surface area contributed by atoms with Crippen molar-refractivity contribution in [2.75, 3.05) is 13.2 Å². The normalized spacial score (nSPS) is 18.5. The molecule has 0 spiro atoms. The van der Waals surface area contributed by atoms with Gasteiger partial charge in [0, 0.05) is 30.5 Å². The zero-order valence-electron chi connectivity index (χ0n) is 13.9. The van der Waals surface area contributed by atoms with Crippen molar-refractivity contribution in [3.8, 4) is 0 Å². The van der Waals surface area contributed by atoms with Gasteiger partial charge in [0.25, 0.3) is 0 Å². The minimum absolute atomic E-state index is 0.0129. The average Bonchev–Trinajstić information content (AvgIpc) is 3.30. The standard InChI is InChI=1S/C18H24N2O3S/c1-14(11-15-5-2-8-22-15)19-18(21)20(12-16-6-3-9-23-16)13-17-7-4-10-24-17/h2,4-5,7-8,10,14,16H,3,6,9,11-13H2,1H3,(H,19,21)/t14-,16-/m1/s1. The van der Waals surface area contributed by atoms with Crippen LogP contribution in [0.4, 0.5) is 4.79 Å². The van der Waals surface area contributed by atoms with Crippen molar-refractivity contribution in [3.05, 3.63) is 46.5 Å². The summed E-state index contributed by atoms with van der Waals surface area (Å²) < 4.78 is 11.1. The largest absolute Gasteiger partial charge is 0.469 e. The van der Waals surface area contributed by atoms with Crippen LogP contribution in [0.25, 0.3) is 0 Å². The van der Waals surface area contributed by atoms with Crippen LogP contribution >= 0.6 is 11.3 Å². The second-order valence-electron chi connectivity index (χ2n) is 6.23. The minimum Gasteiger partial charge on any atom is -0.469 e. The molecule has 0 unspecified atom stereocenters. The van der Waals surface area contributed by atoms with E-state index in [4.69, 9.17) is 9.15 Å². The maximum atomic E-state index is 12.7. The fourth-order valence-corrected chi connectivity index (χ4v) is 3.65. The van der Waals surface area contributed by atoms with E-state index < -0.39 is 0 Å². The number of carbonyl (C=O) groups excluding carboxylic acids is 1. The van der Waals surface area contributed by atoms with Crippen LogP contribution in [0, 0.1) is 0 Å². The lowest BCUT2D eigenvalue weighted by atomic mass is 10.2. The van der Waals surface area contributed by atoms with E-state index in [0.717, 1.165) is 25.2 Å². The summed E-state index contributed by atoms with van der Waals surface area (Å²) >= 11 is 1.67. The third-order valence-corrected chi connectivity index (χ3v) is 4.98. The van der Waals surface area contributed by atoms with Gasteiger partial charge in [0.2, 0.25) is 0 Å². The molecule has 2 aromatic heterocycles. The monoisotopic (exact) mass is 348 g/mol. The minimum atomic E-state index is -0.0436. The van der Waals surface area contributed by atoms with Crippen LogP contribution in [0.15, 0.2) is 40.3 Å². The maximum Gasteiger partial charge on any atom is 0.318 e. The Hall–Kier alpha value is -1.79. The van der Waals surface area contributed by atoms with Crippen molar-refractivity contribution >= 4 is 17.4 Å². The van der Waals surface area contributed by atoms with Gasteiger partial charge < -0.3 is 19.4 Å². The molecule has 0 aliphatic carbocycles. The predicted octanol–water partition coefficient (Wildman–Crippen LogP) is 3.66. The second-order valence-corrected chi connectivity index (χ2v) is 7.26. The lowest BCUT2D eigenvalue weighted by Crippen LogP contribution is -2.46. The molecule has 5 nitrogen and oxygen atoms in total. The van der Waals surface area contributed by atoms with E-state index in [1.165, 1.54) is 4.88 Å². The Balaban J connectivity index is 1.58. The van der Waals surface area contributed by atoms with E-state index in [0.29, 0.717) is 19.5 Å². The molecule has 0 saturated carbocycles. The molecule has 0 aromatic carbocycles. The third-order valence-electron chi connectivity index (χ3n) is 4.12. The molecule has 1 saturated heterocycles. The summed E-state index contributed by atoms with van der Waals surface area (Å²) in [4.78, 5) is 15.8. The maximum absolute atomic E-state index is 12.7. The highest BCUT2D eigenvalue weighted by Crippen LogP contribution is 2.17. The molecular weight excluding hydrogens is 324 g/mol. The fourth-order valence-electron chi connectivity index (χ4n) is 2.93. The van der Waals surface area contributed by atoms with Crippen molar-refractivity contribution < 1.29 is 13.9 Å². The number of carbonyl (C=O) groups is 1. The number of furan rings is 1. The van der Waals surface area contributed by atoms with Crippen LogP contribution in [0.2, 0.25) is 0 Å². The Morgan fingerprint density at radius 1 is 1.46 bits per heavy atom. The highest BCUT2D eigenvalue weighted by atomic mass is 32.1. The Morgan fingerprint density at radius 3 is 3.04 bits per heavy atom. The number of ether oxygens (including phenoxy) is 1. The number of hydrogen-bond acceptors (Lipinski definition) is 4. The highest BCUT2D eigenvalue weighted by Gasteiger charge is 2.24. The number of hydrogen-bond donors (Lipinski definition) is 1. The van der Waals surface area contributed by atoms with E-state index >= 15 is 0 Å². The molecule has 24 heavy (non-hydrogen) atoms. The first-order valence-electron chi connectivity index (χ1n) is 8.42. The smallest absolute Gasteiger partial charge is 0.318 e. The number of nitrogens with one attached hydrogen (secondary N) is 1. The molecular formula is C18H24N2O3S. The molecule has 2 amide bonds. The molecule has 1 aliphatic rings. The van der Waals surface area contributed by atoms with E-state index in [1.807, 2.05) is 35.4 Å². The van der Waals surface area contributed by atoms with Crippen molar-refractivity contribution in [1.29, 1.82) is 0 Å². The lowest BCUT2D eigenvalue weighted by Gasteiger charge is -2.27. The molecule has 0 radical (unpaired) electrons. The number of urea groups is 1. The van der Waals surface area contributed by atoms with E-state index in [1.54, 1.807) is 17.6 Å². The van der Waals surface area contributed by atoms with Gasteiger partial charge in [-0.05, 0) is 43.3 Å². The van der Waals surface area contributed by atoms with E-state index in [2.05, 4.69) is 11.4 Å². The summed E-state index contributed by atoms with van der Waals surface area (Å²) in [5.41, 5.74) is 0. The summed E-state index contributed by atoms with van der Waals surface area (Å²) in [5, 5.41) is 5.12.